The number of aromatic nitrogens is 2. The number of rotatable bonds is 2. The van der Waals surface area contributed by atoms with Crippen molar-refractivity contribution < 1.29 is 4.39 Å². The number of hydrogen-bond donors (Lipinski definition) is 2. The molecule has 0 aliphatic carbocycles. The Labute approximate surface area is 122 Å². The fourth-order valence-electron chi connectivity index (χ4n) is 2.47. The highest BCUT2D eigenvalue weighted by Gasteiger charge is 2.17. The molecule has 0 atom stereocenters. The van der Waals surface area contributed by atoms with Crippen molar-refractivity contribution in [3.63, 3.8) is 0 Å². The van der Waals surface area contributed by atoms with Gasteiger partial charge in [0.2, 0.25) is 0 Å². The van der Waals surface area contributed by atoms with Crippen LogP contribution in [0.15, 0.2) is 42.5 Å². The van der Waals surface area contributed by atoms with Gasteiger partial charge in [-0.1, -0.05) is 41.5 Å². The lowest BCUT2D eigenvalue weighted by molar-refractivity contribution is 0.630. The van der Waals surface area contributed by atoms with Crippen LogP contribution in [0.1, 0.15) is 11.1 Å². The maximum absolute atomic E-state index is 14.2. The van der Waals surface area contributed by atoms with Crippen molar-refractivity contribution in [3.8, 4) is 22.4 Å². The van der Waals surface area contributed by atoms with Gasteiger partial charge in [0.1, 0.15) is 5.82 Å². The van der Waals surface area contributed by atoms with Gasteiger partial charge in [-0.25, -0.2) is 4.39 Å². The molecule has 3 nitrogen and oxygen atoms in total. The van der Waals surface area contributed by atoms with Crippen molar-refractivity contribution in [3.05, 3.63) is 59.4 Å². The Morgan fingerprint density at radius 1 is 1.05 bits per heavy atom. The van der Waals surface area contributed by atoms with Gasteiger partial charge in [0, 0.05) is 5.56 Å². The fourth-order valence-corrected chi connectivity index (χ4v) is 2.47. The van der Waals surface area contributed by atoms with E-state index in [-0.39, 0.29) is 5.82 Å². The van der Waals surface area contributed by atoms with Crippen LogP contribution in [0.25, 0.3) is 22.4 Å². The lowest BCUT2D eigenvalue weighted by Crippen LogP contribution is -1.91. The van der Waals surface area contributed by atoms with E-state index in [1.807, 2.05) is 38.1 Å². The molecule has 0 saturated carbocycles. The number of H-pyrrole nitrogens is 1. The molecule has 0 bridgehead atoms. The average molecular weight is 281 g/mol. The van der Waals surface area contributed by atoms with Gasteiger partial charge in [-0.3, -0.25) is 5.10 Å². The summed E-state index contributed by atoms with van der Waals surface area (Å²) in [7, 11) is 0. The smallest absolute Gasteiger partial charge is 0.153 e. The summed E-state index contributed by atoms with van der Waals surface area (Å²) in [6.45, 7) is 3.93. The molecule has 1 aromatic heterocycles. The number of nitrogen functional groups attached to an aromatic ring is 1. The lowest BCUT2D eigenvalue weighted by atomic mass is 9.98. The number of halogens is 1. The van der Waals surface area contributed by atoms with Gasteiger partial charge in [-0.05, 0) is 31.5 Å². The molecule has 3 N–H and O–H groups in total. The summed E-state index contributed by atoms with van der Waals surface area (Å²) in [5.74, 6) is 0.0784. The summed E-state index contributed by atoms with van der Waals surface area (Å²) in [4.78, 5) is 0. The van der Waals surface area contributed by atoms with Crippen LogP contribution in [-0.2, 0) is 0 Å². The van der Waals surface area contributed by atoms with Gasteiger partial charge < -0.3 is 5.73 Å². The molecule has 1 heterocycles. The molecule has 0 radical (unpaired) electrons. The second kappa shape index (κ2) is 5.05. The molecule has 4 heteroatoms. The zero-order valence-corrected chi connectivity index (χ0v) is 11.9. The largest absolute Gasteiger partial charge is 0.382 e. The summed E-state index contributed by atoms with van der Waals surface area (Å²) in [6, 6.07) is 12.9. The Hall–Kier alpha value is -2.62. The number of benzene rings is 2. The van der Waals surface area contributed by atoms with Crippen LogP contribution in [0.2, 0.25) is 0 Å². The van der Waals surface area contributed by atoms with E-state index >= 15 is 0 Å². The molecule has 0 spiro atoms. The highest BCUT2D eigenvalue weighted by Crippen LogP contribution is 2.36. The second-order valence-electron chi connectivity index (χ2n) is 5.21. The summed E-state index contributed by atoms with van der Waals surface area (Å²) >= 11 is 0. The minimum absolute atomic E-state index is 0.293. The lowest BCUT2D eigenvalue weighted by Gasteiger charge is -2.07. The zero-order valence-electron chi connectivity index (χ0n) is 11.9. The van der Waals surface area contributed by atoms with Crippen LogP contribution in [0.5, 0.6) is 0 Å². The first-order valence-electron chi connectivity index (χ1n) is 6.73. The Kier molecular flexibility index (Phi) is 3.22. The number of anilines is 1. The predicted octanol–water partition coefficient (Wildman–Crippen LogP) is 4.08. The van der Waals surface area contributed by atoms with E-state index in [2.05, 4.69) is 10.2 Å². The number of nitrogens with zero attached hydrogens (tertiary/aromatic N) is 1. The van der Waals surface area contributed by atoms with Crippen molar-refractivity contribution in [2.75, 3.05) is 5.73 Å². The molecule has 0 unspecified atom stereocenters. The quantitative estimate of drug-likeness (QED) is 0.743. The van der Waals surface area contributed by atoms with Crippen molar-refractivity contribution in [2.24, 2.45) is 0 Å². The van der Waals surface area contributed by atoms with Gasteiger partial charge in [-0.2, -0.15) is 5.10 Å². The van der Waals surface area contributed by atoms with Crippen molar-refractivity contribution in [2.45, 2.75) is 13.8 Å². The number of aryl methyl sites for hydroxylation is 2. The van der Waals surface area contributed by atoms with Gasteiger partial charge in [0.05, 0.1) is 11.3 Å². The molecule has 2 aromatic carbocycles. The Balaban J connectivity index is 2.24. The van der Waals surface area contributed by atoms with E-state index < -0.39 is 0 Å². The molecule has 0 aliphatic rings. The maximum atomic E-state index is 14.2. The maximum Gasteiger partial charge on any atom is 0.153 e. The van der Waals surface area contributed by atoms with Gasteiger partial charge in [0.15, 0.2) is 5.82 Å². The Bertz CT molecular complexity index is 806. The van der Waals surface area contributed by atoms with Gasteiger partial charge in [0.25, 0.3) is 0 Å². The van der Waals surface area contributed by atoms with Crippen LogP contribution in [0.3, 0.4) is 0 Å². The number of nitrogens with two attached hydrogens (primary N) is 1. The molecule has 3 aromatic rings. The average Bonchev–Trinajstić information content (AvgIpc) is 2.83. The Morgan fingerprint density at radius 2 is 1.81 bits per heavy atom. The van der Waals surface area contributed by atoms with Crippen molar-refractivity contribution in [1.29, 1.82) is 0 Å². The van der Waals surface area contributed by atoms with Crippen LogP contribution < -0.4 is 5.73 Å². The molecular formula is C17H16FN3. The fraction of sp³-hybridized carbons (Fsp3) is 0.118. The number of hydrogen-bond acceptors (Lipinski definition) is 2. The zero-order chi connectivity index (χ0) is 15.0. The number of aromatic amines is 1. The van der Waals surface area contributed by atoms with E-state index in [1.54, 1.807) is 12.1 Å². The predicted molar refractivity (Wildman–Crippen MR) is 83.3 cm³/mol. The van der Waals surface area contributed by atoms with Crippen LogP contribution >= 0.6 is 0 Å². The molecular weight excluding hydrogens is 265 g/mol. The van der Waals surface area contributed by atoms with Crippen LogP contribution in [0, 0.1) is 19.7 Å². The SMILES string of the molecule is Cc1cccc(-c2c(N)n[nH]c2-c2cc(C)ccc2F)c1. The third-order valence-electron chi connectivity index (χ3n) is 3.49. The highest BCUT2D eigenvalue weighted by atomic mass is 19.1. The van der Waals surface area contributed by atoms with E-state index in [4.69, 9.17) is 5.73 Å². The molecule has 0 aliphatic heterocycles. The highest BCUT2D eigenvalue weighted by molar-refractivity contribution is 5.88. The first kappa shape index (κ1) is 13.4. The van der Waals surface area contributed by atoms with E-state index in [0.717, 1.165) is 22.3 Å². The molecule has 106 valence electrons. The Morgan fingerprint density at radius 3 is 2.57 bits per heavy atom. The third kappa shape index (κ3) is 2.40. The van der Waals surface area contributed by atoms with Gasteiger partial charge >= 0.3 is 0 Å². The van der Waals surface area contributed by atoms with Gasteiger partial charge in [-0.15, -0.1) is 0 Å². The molecule has 0 amide bonds. The summed E-state index contributed by atoms with van der Waals surface area (Å²) < 4.78 is 14.2. The van der Waals surface area contributed by atoms with Crippen LogP contribution in [0.4, 0.5) is 10.2 Å². The normalized spacial score (nSPS) is 10.8. The minimum atomic E-state index is -0.293. The summed E-state index contributed by atoms with van der Waals surface area (Å²) in [5, 5.41) is 6.92. The monoisotopic (exact) mass is 281 g/mol. The first-order chi connectivity index (χ1) is 10.1. The molecule has 0 saturated heterocycles. The third-order valence-corrected chi connectivity index (χ3v) is 3.49. The number of nitrogens with one attached hydrogen (secondary N) is 1. The standard InChI is InChI=1S/C17H16FN3/c1-10-4-3-5-12(8-10)15-16(20-21-17(15)19)13-9-11(2)6-7-14(13)18/h3-9H,1-2H3,(H3,19,20,21). The molecule has 3 rings (SSSR count). The molecule has 0 fully saturated rings. The van der Waals surface area contributed by atoms with Crippen LogP contribution in [-0.4, -0.2) is 10.2 Å². The first-order valence-corrected chi connectivity index (χ1v) is 6.73. The summed E-state index contributed by atoms with van der Waals surface area (Å²) in [6.07, 6.45) is 0. The topological polar surface area (TPSA) is 54.7 Å². The second-order valence-corrected chi connectivity index (χ2v) is 5.21. The van der Waals surface area contributed by atoms with E-state index in [0.29, 0.717) is 17.1 Å². The van der Waals surface area contributed by atoms with Crippen molar-refractivity contribution >= 4 is 5.82 Å². The molecule has 21 heavy (non-hydrogen) atoms. The van der Waals surface area contributed by atoms with E-state index in [9.17, 15) is 4.39 Å². The summed E-state index contributed by atoms with van der Waals surface area (Å²) in [5.41, 5.74) is 10.8. The minimum Gasteiger partial charge on any atom is -0.382 e. The van der Waals surface area contributed by atoms with Crippen molar-refractivity contribution in [1.82, 2.24) is 10.2 Å². The van der Waals surface area contributed by atoms with E-state index in [1.165, 1.54) is 6.07 Å².